The number of halogens is 1. The molecular formula is C8H17ClN4S. The molecule has 14 heavy (non-hydrogen) atoms. The zero-order valence-corrected chi connectivity index (χ0v) is 10.1. The molecule has 0 saturated heterocycles. The number of nitrogens with zero attached hydrogens (tertiary/aromatic N) is 2. The van der Waals surface area contributed by atoms with Crippen LogP contribution in [0.15, 0.2) is 22.7 Å². The van der Waals surface area contributed by atoms with Gasteiger partial charge in [0.05, 0.1) is 0 Å². The average molecular weight is 237 g/mol. The minimum absolute atomic E-state index is 0. The predicted octanol–water partition coefficient (Wildman–Crippen LogP) is 1.58. The first-order valence-corrected chi connectivity index (χ1v) is 4.99. The highest BCUT2D eigenvalue weighted by atomic mass is 35.5. The zero-order chi connectivity index (χ0) is 10.1. The van der Waals surface area contributed by atoms with Gasteiger partial charge >= 0.3 is 0 Å². The van der Waals surface area contributed by atoms with Crippen molar-refractivity contribution < 1.29 is 0 Å². The van der Waals surface area contributed by atoms with Crippen LogP contribution in [0.25, 0.3) is 0 Å². The number of hydrogen-bond acceptors (Lipinski definition) is 4. The second kappa shape index (κ2) is 10.4. The van der Waals surface area contributed by atoms with E-state index in [-0.39, 0.29) is 18.4 Å². The zero-order valence-electron chi connectivity index (χ0n) is 8.43. The van der Waals surface area contributed by atoms with E-state index in [0.717, 1.165) is 10.9 Å². The van der Waals surface area contributed by atoms with E-state index in [1.165, 1.54) is 6.34 Å². The maximum Gasteiger partial charge on any atom is 0.162 e. The molecule has 0 amide bonds. The van der Waals surface area contributed by atoms with Gasteiger partial charge in [0, 0.05) is 11.8 Å². The van der Waals surface area contributed by atoms with Crippen LogP contribution in [0.2, 0.25) is 0 Å². The van der Waals surface area contributed by atoms with E-state index in [4.69, 9.17) is 5.84 Å². The normalized spacial score (nSPS) is 11.5. The lowest BCUT2D eigenvalue weighted by molar-refractivity contribution is 0.835. The number of nitrogens with one attached hydrogen (secondary N) is 1. The van der Waals surface area contributed by atoms with Crippen LogP contribution in [0.3, 0.4) is 0 Å². The summed E-state index contributed by atoms with van der Waals surface area (Å²) in [5.41, 5.74) is 0. The predicted molar refractivity (Wildman–Crippen MR) is 68.3 cm³/mol. The van der Waals surface area contributed by atoms with Crippen LogP contribution in [0.4, 0.5) is 0 Å². The van der Waals surface area contributed by atoms with Crippen molar-refractivity contribution >= 4 is 35.7 Å². The highest BCUT2D eigenvalue weighted by Gasteiger charge is 1.97. The molecule has 0 rings (SSSR count). The van der Waals surface area contributed by atoms with Crippen molar-refractivity contribution in [2.45, 2.75) is 19.9 Å². The van der Waals surface area contributed by atoms with Gasteiger partial charge in [0.1, 0.15) is 6.34 Å². The monoisotopic (exact) mass is 236 g/mol. The summed E-state index contributed by atoms with van der Waals surface area (Å²) in [6.45, 7) is 7.65. The summed E-state index contributed by atoms with van der Waals surface area (Å²) in [7, 11) is 0. The highest BCUT2D eigenvalue weighted by Crippen LogP contribution is 2.03. The van der Waals surface area contributed by atoms with E-state index in [1.807, 2.05) is 19.9 Å². The standard InChI is InChI=1S/C8H16N4S.ClH/c1-4-5-13-8(10-6-11-9)12-7(2)3;/h4,6-7H,1,5,9H2,2-3H3,(H,10,11,12);1H. The lowest BCUT2D eigenvalue weighted by atomic mass is 10.4. The van der Waals surface area contributed by atoms with Crippen LogP contribution in [0.5, 0.6) is 0 Å². The summed E-state index contributed by atoms with van der Waals surface area (Å²) in [4.78, 5) is 4.33. The van der Waals surface area contributed by atoms with Crippen molar-refractivity contribution in [1.29, 1.82) is 0 Å². The van der Waals surface area contributed by atoms with Gasteiger partial charge in [-0.15, -0.1) is 19.0 Å². The molecule has 0 aromatic heterocycles. The van der Waals surface area contributed by atoms with E-state index >= 15 is 0 Å². The van der Waals surface area contributed by atoms with Crippen molar-refractivity contribution in [3.8, 4) is 0 Å². The third kappa shape index (κ3) is 9.41. The Morgan fingerprint density at radius 2 is 2.29 bits per heavy atom. The summed E-state index contributed by atoms with van der Waals surface area (Å²) in [5.74, 6) is 5.78. The van der Waals surface area contributed by atoms with E-state index < -0.39 is 0 Å². The molecule has 0 bridgehead atoms. The third-order valence-electron chi connectivity index (χ3n) is 0.976. The van der Waals surface area contributed by atoms with Gasteiger partial charge in [-0.3, -0.25) is 4.99 Å². The summed E-state index contributed by atoms with van der Waals surface area (Å²) in [6, 6.07) is 0.256. The maximum absolute atomic E-state index is 4.96. The number of hydrogen-bond donors (Lipinski definition) is 2. The van der Waals surface area contributed by atoms with Crippen LogP contribution in [0, 0.1) is 0 Å². The average Bonchev–Trinajstić information content (AvgIpc) is 2.09. The molecule has 0 aromatic carbocycles. The van der Waals surface area contributed by atoms with Gasteiger partial charge in [0.15, 0.2) is 5.17 Å². The SMILES string of the molecule is C=CCS/C(=N\C(C)C)N/C=N\N.Cl. The molecule has 6 heteroatoms. The van der Waals surface area contributed by atoms with Crippen molar-refractivity contribution in [2.24, 2.45) is 15.9 Å². The van der Waals surface area contributed by atoms with Crippen LogP contribution in [-0.4, -0.2) is 23.3 Å². The molecule has 0 atom stereocenters. The fourth-order valence-electron chi connectivity index (χ4n) is 0.581. The van der Waals surface area contributed by atoms with Crippen molar-refractivity contribution in [2.75, 3.05) is 5.75 Å². The molecule has 82 valence electrons. The van der Waals surface area contributed by atoms with Crippen LogP contribution >= 0.6 is 24.2 Å². The summed E-state index contributed by atoms with van der Waals surface area (Å²) < 4.78 is 0. The maximum atomic E-state index is 4.96. The van der Waals surface area contributed by atoms with E-state index in [2.05, 4.69) is 22.0 Å². The van der Waals surface area contributed by atoms with Crippen LogP contribution < -0.4 is 11.2 Å². The molecule has 0 heterocycles. The Kier molecular flexibility index (Phi) is 11.7. The van der Waals surface area contributed by atoms with Crippen LogP contribution in [-0.2, 0) is 0 Å². The molecule has 3 N–H and O–H groups in total. The third-order valence-corrected chi connectivity index (χ3v) is 1.87. The van der Waals surface area contributed by atoms with E-state index in [0.29, 0.717) is 0 Å². The van der Waals surface area contributed by atoms with Crippen molar-refractivity contribution in [3.05, 3.63) is 12.7 Å². The smallest absolute Gasteiger partial charge is 0.162 e. The molecule has 4 nitrogen and oxygen atoms in total. The molecule has 0 unspecified atom stereocenters. The number of aliphatic imine (C=N–C) groups is 1. The molecule has 0 aliphatic carbocycles. The van der Waals surface area contributed by atoms with Gasteiger partial charge in [-0.25, -0.2) is 0 Å². The van der Waals surface area contributed by atoms with Crippen molar-refractivity contribution in [3.63, 3.8) is 0 Å². The lowest BCUT2D eigenvalue weighted by Gasteiger charge is -2.05. The van der Waals surface area contributed by atoms with Gasteiger partial charge in [0.2, 0.25) is 0 Å². The molecule has 0 aliphatic heterocycles. The number of rotatable bonds is 4. The number of hydrazone groups is 1. The molecule has 0 aromatic rings. The minimum atomic E-state index is 0. The summed E-state index contributed by atoms with van der Waals surface area (Å²) in [6.07, 6.45) is 3.24. The molecule has 0 spiro atoms. The van der Waals surface area contributed by atoms with Crippen molar-refractivity contribution in [1.82, 2.24) is 5.32 Å². The Labute approximate surface area is 95.5 Å². The largest absolute Gasteiger partial charge is 0.324 e. The Morgan fingerprint density at radius 1 is 1.64 bits per heavy atom. The van der Waals surface area contributed by atoms with E-state index in [9.17, 15) is 0 Å². The fraction of sp³-hybridized carbons (Fsp3) is 0.500. The number of nitrogens with two attached hydrogens (primary N) is 1. The van der Waals surface area contributed by atoms with Gasteiger partial charge in [-0.2, -0.15) is 5.10 Å². The number of thioether (sulfide) groups is 1. The Balaban J connectivity index is 0. The Morgan fingerprint density at radius 3 is 2.71 bits per heavy atom. The van der Waals surface area contributed by atoms with E-state index in [1.54, 1.807) is 11.8 Å². The quantitative estimate of drug-likeness (QED) is 0.256. The van der Waals surface area contributed by atoms with Gasteiger partial charge in [-0.1, -0.05) is 17.8 Å². The highest BCUT2D eigenvalue weighted by molar-refractivity contribution is 8.14. The van der Waals surface area contributed by atoms with Gasteiger partial charge in [-0.05, 0) is 13.8 Å². The summed E-state index contributed by atoms with van der Waals surface area (Å²) in [5, 5.41) is 7.03. The molecule has 0 fully saturated rings. The molecular weight excluding hydrogens is 220 g/mol. The first-order chi connectivity index (χ1) is 6.20. The van der Waals surface area contributed by atoms with Gasteiger partial charge in [0.25, 0.3) is 0 Å². The van der Waals surface area contributed by atoms with Crippen LogP contribution in [0.1, 0.15) is 13.8 Å². The first kappa shape index (κ1) is 15.8. The minimum Gasteiger partial charge on any atom is -0.324 e. The lowest BCUT2D eigenvalue weighted by Crippen LogP contribution is -2.21. The fourth-order valence-corrected chi connectivity index (χ4v) is 1.28. The summed E-state index contributed by atoms with van der Waals surface area (Å²) >= 11 is 1.56. The molecule has 0 radical (unpaired) electrons. The van der Waals surface area contributed by atoms with Gasteiger partial charge < -0.3 is 11.2 Å². The second-order valence-electron chi connectivity index (χ2n) is 2.55. The first-order valence-electron chi connectivity index (χ1n) is 4.00. The molecule has 0 saturated carbocycles. The topological polar surface area (TPSA) is 62.8 Å². The second-order valence-corrected chi connectivity index (χ2v) is 3.56. The Bertz CT molecular complexity index is 204. The molecule has 0 aliphatic rings. The Hall–Kier alpha value is -0.680. The number of amidine groups is 1.